The van der Waals surface area contributed by atoms with E-state index in [1.807, 2.05) is 34.6 Å². The molecule has 254 valence electrons. The molecule has 5 heterocycles. The van der Waals surface area contributed by atoms with Gasteiger partial charge in [0, 0.05) is 51.0 Å². The normalized spacial score (nSPS) is 19.6. The first kappa shape index (κ1) is 34.1. The molecule has 2 fully saturated rings. The summed E-state index contributed by atoms with van der Waals surface area (Å²) < 4.78 is 36.6. The lowest BCUT2D eigenvalue weighted by Crippen LogP contribution is -2.52. The second-order valence-electron chi connectivity index (χ2n) is 13.2. The second-order valence-corrected chi connectivity index (χ2v) is 15.2. The second kappa shape index (κ2) is 13.5. The first-order chi connectivity index (χ1) is 21.7. The summed E-state index contributed by atoms with van der Waals surface area (Å²) in [6, 6.07) is -0.120. The third kappa shape index (κ3) is 7.16. The Morgan fingerprint density at radius 2 is 1.80 bits per heavy atom. The molecule has 5 rings (SSSR count). The number of rotatable bonds is 10. The molecule has 15 heteroatoms. The predicted octanol–water partition coefficient (Wildman–Crippen LogP) is 3.10. The highest BCUT2D eigenvalue weighted by atomic mass is 32.2. The minimum atomic E-state index is -3.84. The number of hydrogen-bond acceptors (Lipinski definition) is 10. The van der Waals surface area contributed by atoms with E-state index < -0.39 is 21.2 Å². The fraction of sp³-hybridized carbons (Fsp3) is 0.677. The molecule has 0 aliphatic carbocycles. The summed E-state index contributed by atoms with van der Waals surface area (Å²) in [5, 5.41) is 6.16. The van der Waals surface area contributed by atoms with Crippen molar-refractivity contribution < 1.29 is 22.8 Å². The third-order valence-electron chi connectivity index (χ3n) is 8.49. The number of fused-ring (bicyclic) bond motifs is 1. The van der Waals surface area contributed by atoms with Crippen molar-refractivity contribution in [3.63, 3.8) is 0 Å². The average molecular weight is 661 g/mol. The molecule has 2 saturated heterocycles. The maximum Gasteiger partial charge on any atom is 0.410 e. The summed E-state index contributed by atoms with van der Waals surface area (Å²) in [5.41, 5.74) is 0.944. The standard InChI is InChI=1S/C31H48N8O6S/c1-8-11-21(4)45-37-17-22(16-24(20-37)46(42,43)38-14-12-35(10-3)13-15-38)28-32-26-25(9-2)39(34-27(26)29(40)33-28)23-18-36(19-23)30(41)44-31(5,6)7/h16,20-21,23H,8-15,17-19H2,1-7H3,(H,32,33,40). The smallest absolute Gasteiger partial charge is 0.410 e. The Hall–Kier alpha value is -3.27. The van der Waals surface area contributed by atoms with Crippen LogP contribution in [0.15, 0.2) is 22.0 Å². The molecule has 3 aliphatic rings. The number of amides is 1. The molecule has 0 saturated carbocycles. The number of sulfonamides is 1. The van der Waals surface area contributed by atoms with E-state index in [0.29, 0.717) is 56.8 Å². The summed E-state index contributed by atoms with van der Waals surface area (Å²) in [6.07, 6.45) is 4.89. The van der Waals surface area contributed by atoms with Crippen LogP contribution >= 0.6 is 0 Å². The molecule has 1 N–H and O–H groups in total. The molecule has 0 spiro atoms. The van der Waals surface area contributed by atoms with E-state index in [2.05, 4.69) is 28.8 Å². The number of aromatic nitrogens is 4. The van der Waals surface area contributed by atoms with Gasteiger partial charge in [-0.15, -0.1) is 0 Å². The van der Waals surface area contributed by atoms with Crippen LogP contribution in [0.5, 0.6) is 0 Å². The minimum absolute atomic E-state index is 0.0910. The van der Waals surface area contributed by atoms with Crippen molar-refractivity contribution in [3.8, 4) is 0 Å². The van der Waals surface area contributed by atoms with Gasteiger partial charge in [-0.05, 0) is 53.2 Å². The number of likely N-dealkylation sites (tertiary alicyclic amines) is 1. The average Bonchev–Trinajstić information content (AvgIpc) is 3.34. The van der Waals surface area contributed by atoms with Gasteiger partial charge in [0.05, 0.1) is 24.4 Å². The number of nitrogens with zero attached hydrogens (tertiary/aromatic N) is 7. The fourth-order valence-corrected chi connectivity index (χ4v) is 7.48. The lowest BCUT2D eigenvalue weighted by atomic mass is 10.1. The number of hydrogen-bond donors (Lipinski definition) is 1. The molecule has 14 nitrogen and oxygen atoms in total. The number of carbonyl (C=O) groups excluding carboxylic acids is 1. The lowest BCUT2D eigenvalue weighted by Gasteiger charge is -2.40. The van der Waals surface area contributed by atoms with Crippen LogP contribution in [-0.2, 0) is 26.0 Å². The van der Waals surface area contributed by atoms with Crippen LogP contribution in [0.4, 0.5) is 4.79 Å². The molecule has 2 aromatic rings. The Kier molecular flexibility index (Phi) is 9.97. The number of ether oxygens (including phenoxy) is 1. The molecule has 2 aromatic heterocycles. The first-order valence-corrected chi connectivity index (χ1v) is 17.8. The number of allylic oxidation sites excluding steroid dienone is 1. The zero-order valence-electron chi connectivity index (χ0n) is 28.1. The van der Waals surface area contributed by atoms with Gasteiger partial charge in [-0.2, -0.15) is 9.40 Å². The summed E-state index contributed by atoms with van der Waals surface area (Å²) in [4.78, 5) is 43.7. The van der Waals surface area contributed by atoms with E-state index in [0.717, 1.165) is 25.1 Å². The maximum atomic E-state index is 13.9. The van der Waals surface area contributed by atoms with Gasteiger partial charge in [-0.1, -0.05) is 27.2 Å². The number of hydroxylamine groups is 2. The van der Waals surface area contributed by atoms with Crippen molar-refractivity contribution in [3.05, 3.63) is 39.1 Å². The minimum Gasteiger partial charge on any atom is -0.444 e. The number of likely N-dealkylation sites (N-methyl/N-ethyl adjacent to an activating group) is 1. The number of aryl methyl sites for hydroxylation is 1. The zero-order valence-corrected chi connectivity index (χ0v) is 28.9. The zero-order chi connectivity index (χ0) is 33.4. The highest BCUT2D eigenvalue weighted by Gasteiger charge is 2.37. The topological polar surface area (TPSA) is 146 Å². The van der Waals surface area contributed by atoms with E-state index in [9.17, 15) is 18.0 Å². The highest BCUT2D eigenvalue weighted by molar-refractivity contribution is 7.93. The van der Waals surface area contributed by atoms with Gasteiger partial charge in [0.2, 0.25) is 10.0 Å². The van der Waals surface area contributed by atoms with Crippen molar-refractivity contribution in [1.29, 1.82) is 0 Å². The van der Waals surface area contributed by atoms with Crippen LogP contribution in [0.1, 0.15) is 78.9 Å². The Morgan fingerprint density at radius 1 is 1.11 bits per heavy atom. The Balaban J connectivity index is 1.46. The van der Waals surface area contributed by atoms with Crippen molar-refractivity contribution in [2.75, 3.05) is 52.4 Å². The first-order valence-electron chi connectivity index (χ1n) is 16.3. The molecular weight excluding hydrogens is 612 g/mol. The monoisotopic (exact) mass is 660 g/mol. The van der Waals surface area contributed by atoms with Crippen molar-refractivity contribution in [2.45, 2.75) is 85.5 Å². The Labute approximate surface area is 271 Å². The summed E-state index contributed by atoms with van der Waals surface area (Å²) in [7, 11) is -3.84. The summed E-state index contributed by atoms with van der Waals surface area (Å²) >= 11 is 0. The quantitative estimate of drug-likeness (QED) is 0.403. The van der Waals surface area contributed by atoms with Crippen molar-refractivity contribution in [1.82, 2.24) is 38.9 Å². The molecule has 1 unspecified atom stereocenters. The van der Waals surface area contributed by atoms with Crippen LogP contribution in [-0.4, -0.2) is 117 Å². The molecule has 0 aromatic carbocycles. The van der Waals surface area contributed by atoms with E-state index in [1.165, 1.54) is 10.5 Å². The molecule has 46 heavy (non-hydrogen) atoms. The molecule has 1 amide bonds. The van der Waals surface area contributed by atoms with Crippen molar-refractivity contribution >= 4 is 32.7 Å². The van der Waals surface area contributed by atoms with Gasteiger partial charge in [-0.25, -0.2) is 18.2 Å². The van der Waals surface area contributed by atoms with Gasteiger partial charge < -0.3 is 19.5 Å². The van der Waals surface area contributed by atoms with Crippen LogP contribution < -0.4 is 5.56 Å². The number of piperazine rings is 1. The highest BCUT2D eigenvalue weighted by Crippen LogP contribution is 2.30. The number of carbonyl (C=O) groups is 1. The number of aromatic amines is 1. The van der Waals surface area contributed by atoms with Crippen LogP contribution in [0, 0.1) is 0 Å². The molecular formula is C31H48N8O6S. The van der Waals surface area contributed by atoms with Gasteiger partial charge in [0.25, 0.3) is 5.56 Å². The van der Waals surface area contributed by atoms with Gasteiger partial charge in [-0.3, -0.25) is 19.4 Å². The van der Waals surface area contributed by atoms with Crippen LogP contribution in [0.25, 0.3) is 16.6 Å². The van der Waals surface area contributed by atoms with E-state index in [4.69, 9.17) is 14.6 Å². The number of H-pyrrole nitrogens is 1. The lowest BCUT2D eigenvalue weighted by molar-refractivity contribution is -0.153. The maximum absolute atomic E-state index is 13.9. The molecule has 1 atom stereocenters. The van der Waals surface area contributed by atoms with E-state index in [1.54, 1.807) is 20.7 Å². The fourth-order valence-electron chi connectivity index (χ4n) is 5.99. The summed E-state index contributed by atoms with van der Waals surface area (Å²) in [6.45, 7) is 17.6. The van der Waals surface area contributed by atoms with Gasteiger partial charge in [0.1, 0.15) is 21.8 Å². The molecule has 0 bridgehead atoms. The van der Waals surface area contributed by atoms with Gasteiger partial charge in [0.15, 0.2) is 5.52 Å². The SMILES string of the molecule is CCCC(C)ON1C=C(S(=O)(=O)N2CCN(CC)CC2)C=C(c2nc3c(CC)n(C4CN(C(=O)OC(C)(C)C)C4)nc3c(=O)[nH]2)C1. The predicted molar refractivity (Wildman–Crippen MR) is 175 cm³/mol. The Bertz CT molecular complexity index is 1660. The van der Waals surface area contributed by atoms with Crippen molar-refractivity contribution in [2.24, 2.45) is 0 Å². The summed E-state index contributed by atoms with van der Waals surface area (Å²) in [5.74, 6) is 0.268. The largest absolute Gasteiger partial charge is 0.444 e. The molecule has 3 aliphatic heterocycles. The van der Waals surface area contributed by atoms with E-state index in [-0.39, 0.29) is 41.0 Å². The Morgan fingerprint density at radius 3 is 2.41 bits per heavy atom. The molecule has 0 radical (unpaired) electrons. The van der Waals surface area contributed by atoms with Crippen LogP contribution in [0.2, 0.25) is 0 Å². The van der Waals surface area contributed by atoms with E-state index >= 15 is 0 Å². The van der Waals surface area contributed by atoms with Gasteiger partial charge >= 0.3 is 6.09 Å². The van der Waals surface area contributed by atoms with Crippen LogP contribution in [0.3, 0.4) is 0 Å². The number of nitrogens with one attached hydrogen (secondary N) is 1. The third-order valence-corrected chi connectivity index (χ3v) is 10.4.